The van der Waals surface area contributed by atoms with Crippen LogP contribution in [0.15, 0.2) is 47.6 Å². The number of aromatic nitrogens is 5. The molecule has 0 fully saturated rings. The number of thioether (sulfide) groups is 1. The van der Waals surface area contributed by atoms with Crippen molar-refractivity contribution in [2.24, 2.45) is 7.05 Å². The van der Waals surface area contributed by atoms with Crippen LogP contribution in [0, 0.1) is 27.7 Å². The molecule has 2 aromatic heterocycles. The highest BCUT2D eigenvalue weighted by molar-refractivity contribution is 8.00. The van der Waals surface area contributed by atoms with Gasteiger partial charge in [0.1, 0.15) is 0 Å². The lowest BCUT2D eigenvalue weighted by atomic mass is 10.1. The number of aryl methyl sites for hydroxylation is 4. The maximum Gasteiger partial charge on any atom is 0.237 e. The lowest BCUT2D eigenvalue weighted by Gasteiger charge is -2.16. The number of carbonyl (C=O) groups excluding carboxylic acids is 1. The number of rotatable bonds is 6. The summed E-state index contributed by atoms with van der Waals surface area (Å²) in [5, 5.41) is 17.1. The van der Waals surface area contributed by atoms with Crippen molar-refractivity contribution < 1.29 is 4.79 Å². The maximum atomic E-state index is 13.1. The molecule has 0 spiro atoms. The Morgan fingerprint density at radius 2 is 1.82 bits per heavy atom. The molecule has 9 heteroatoms. The van der Waals surface area contributed by atoms with Crippen molar-refractivity contribution in [3.8, 4) is 17.1 Å². The van der Waals surface area contributed by atoms with E-state index in [-0.39, 0.29) is 5.91 Å². The fourth-order valence-electron chi connectivity index (χ4n) is 3.73. The molecule has 1 N–H and O–H groups in total. The Morgan fingerprint density at radius 1 is 1.09 bits per heavy atom. The molecule has 0 aliphatic heterocycles. The summed E-state index contributed by atoms with van der Waals surface area (Å²) in [4.78, 5) is 13.1. The van der Waals surface area contributed by atoms with E-state index in [0.29, 0.717) is 16.0 Å². The lowest BCUT2D eigenvalue weighted by molar-refractivity contribution is -0.115. The summed E-state index contributed by atoms with van der Waals surface area (Å²) >= 11 is 7.87. The van der Waals surface area contributed by atoms with Crippen LogP contribution in [0.4, 0.5) is 5.69 Å². The molecule has 2 aromatic carbocycles. The molecule has 0 aliphatic carbocycles. The van der Waals surface area contributed by atoms with Gasteiger partial charge in [0.25, 0.3) is 0 Å². The Balaban J connectivity index is 1.73. The van der Waals surface area contributed by atoms with Gasteiger partial charge in [0.15, 0.2) is 11.0 Å². The van der Waals surface area contributed by atoms with Gasteiger partial charge < -0.3 is 5.32 Å². The molecule has 4 rings (SSSR count). The molecule has 34 heavy (non-hydrogen) atoms. The van der Waals surface area contributed by atoms with Crippen LogP contribution in [-0.4, -0.2) is 35.7 Å². The van der Waals surface area contributed by atoms with Crippen molar-refractivity contribution in [2.75, 3.05) is 5.32 Å². The summed E-state index contributed by atoms with van der Waals surface area (Å²) in [7, 11) is 1.86. The highest BCUT2D eigenvalue weighted by atomic mass is 35.5. The Hall–Kier alpha value is -3.10. The van der Waals surface area contributed by atoms with E-state index >= 15 is 0 Å². The zero-order chi connectivity index (χ0) is 24.6. The van der Waals surface area contributed by atoms with Gasteiger partial charge in [-0.1, -0.05) is 47.6 Å². The molecular weight excluding hydrogens is 468 g/mol. The van der Waals surface area contributed by atoms with Crippen molar-refractivity contribution in [1.29, 1.82) is 0 Å². The van der Waals surface area contributed by atoms with Crippen molar-refractivity contribution >= 4 is 35.0 Å². The number of hydrogen-bond acceptors (Lipinski definition) is 5. The molecule has 0 saturated carbocycles. The second-order valence-corrected chi connectivity index (χ2v) is 10.0. The molecule has 1 unspecified atom stereocenters. The predicted molar refractivity (Wildman–Crippen MR) is 138 cm³/mol. The van der Waals surface area contributed by atoms with Crippen LogP contribution in [0.2, 0.25) is 5.02 Å². The summed E-state index contributed by atoms with van der Waals surface area (Å²) in [6.07, 6.45) is 0. The molecule has 0 radical (unpaired) electrons. The fourth-order valence-corrected chi connectivity index (χ4v) is 4.81. The van der Waals surface area contributed by atoms with Crippen LogP contribution >= 0.6 is 23.4 Å². The average Bonchev–Trinajstić information content (AvgIpc) is 3.31. The van der Waals surface area contributed by atoms with Crippen LogP contribution in [0.5, 0.6) is 0 Å². The van der Waals surface area contributed by atoms with Gasteiger partial charge in [-0.25, -0.2) is 0 Å². The Bertz CT molecular complexity index is 1380. The lowest BCUT2D eigenvalue weighted by Crippen LogP contribution is -2.23. The topological polar surface area (TPSA) is 77.6 Å². The van der Waals surface area contributed by atoms with Gasteiger partial charge in [-0.2, -0.15) is 5.10 Å². The summed E-state index contributed by atoms with van der Waals surface area (Å²) in [6.45, 7) is 9.76. The number of halogens is 1. The van der Waals surface area contributed by atoms with Gasteiger partial charge >= 0.3 is 0 Å². The SMILES string of the molecule is Cc1ccc(C)c(-n2c(SC(C)C(=O)Nc3c(C)nn(C)c3C)nnc2-c2ccccc2Cl)c1. The number of carbonyl (C=O) groups is 1. The summed E-state index contributed by atoms with van der Waals surface area (Å²) < 4.78 is 3.74. The van der Waals surface area contributed by atoms with Crippen molar-refractivity contribution in [3.05, 3.63) is 70.0 Å². The first-order valence-corrected chi connectivity index (χ1v) is 12.2. The van der Waals surface area contributed by atoms with Crippen LogP contribution < -0.4 is 5.32 Å². The van der Waals surface area contributed by atoms with Crippen LogP contribution in [0.25, 0.3) is 17.1 Å². The Kier molecular flexibility index (Phi) is 6.81. The Labute approximate surface area is 208 Å². The minimum Gasteiger partial charge on any atom is -0.322 e. The van der Waals surface area contributed by atoms with E-state index in [1.54, 1.807) is 4.68 Å². The van der Waals surface area contributed by atoms with E-state index in [1.165, 1.54) is 11.8 Å². The zero-order valence-corrected chi connectivity index (χ0v) is 21.6. The third-order valence-corrected chi connectivity index (χ3v) is 7.13. The van der Waals surface area contributed by atoms with Gasteiger partial charge in [-0.05, 0) is 63.9 Å². The molecule has 4 aromatic rings. The molecule has 2 heterocycles. The van der Waals surface area contributed by atoms with Gasteiger partial charge in [0.05, 0.1) is 33.0 Å². The average molecular weight is 495 g/mol. The molecule has 0 saturated heterocycles. The molecule has 7 nitrogen and oxygen atoms in total. The number of amides is 1. The number of nitrogens with one attached hydrogen (secondary N) is 1. The van der Waals surface area contributed by atoms with E-state index in [9.17, 15) is 4.79 Å². The molecule has 0 aliphatic rings. The third kappa shape index (κ3) is 4.60. The molecule has 176 valence electrons. The number of anilines is 1. The van der Waals surface area contributed by atoms with Crippen molar-refractivity contribution in [1.82, 2.24) is 24.5 Å². The van der Waals surface area contributed by atoms with Gasteiger partial charge in [0, 0.05) is 12.6 Å². The van der Waals surface area contributed by atoms with Crippen molar-refractivity contribution in [3.63, 3.8) is 0 Å². The van der Waals surface area contributed by atoms with E-state index in [1.807, 2.05) is 70.5 Å². The predicted octanol–water partition coefficient (Wildman–Crippen LogP) is 5.67. The fraction of sp³-hybridized carbons (Fsp3) is 0.280. The summed E-state index contributed by atoms with van der Waals surface area (Å²) in [5.74, 6) is 0.507. The number of nitrogens with zero attached hydrogens (tertiary/aromatic N) is 5. The second kappa shape index (κ2) is 9.64. The molecule has 1 atom stereocenters. The number of benzene rings is 2. The van der Waals surface area contributed by atoms with Crippen molar-refractivity contribution in [2.45, 2.75) is 45.0 Å². The molecule has 1 amide bonds. The summed E-state index contributed by atoms with van der Waals surface area (Å²) in [6, 6.07) is 13.8. The minimum absolute atomic E-state index is 0.126. The highest BCUT2D eigenvalue weighted by Crippen LogP contribution is 2.34. The first-order valence-electron chi connectivity index (χ1n) is 10.9. The van der Waals surface area contributed by atoms with E-state index in [2.05, 4.69) is 38.8 Å². The van der Waals surface area contributed by atoms with Gasteiger partial charge in [-0.3, -0.25) is 14.0 Å². The monoisotopic (exact) mass is 494 g/mol. The Morgan fingerprint density at radius 3 is 2.50 bits per heavy atom. The highest BCUT2D eigenvalue weighted by Gasteiger charge is 2.24. The minimum atomic E-state index is -0.425. The number of hydrogen-bond donors (Lipinski definition) is 1. The quantitative estimate of drug-likeness (QED) is 0.349. The van der Waals surface area contributed by atoms with Gasteiger partial charge in [0.2, 0.25) is 5.91 Å². The molecule has 0 bridgehead atoms. The smallest absolute Gasteiger partial charge is 0.237 e. The van der Waals surface area contributed by atoms with Crippen LogP contribution in [0.3, 0.4) is 0 Å². The second-order valence-electron chi connectivity index (χ2n) is 8.33. The van der Waals surface area contributed by atoms with Crippen LogP contribution in [0.1, 0.15) is 29.4 Å². The van der Waals surface area contributed by atoms with E-state index in [0.717, 1.165) is 39.5 Å². The maximum absolute atomic E-state index is 13.1. The zero-order valence-electron chi connectivity index (χ0n) is 20.0. The third-order valence-electron chi connectivity index (χ3n) is 5.76. The first kappa shape index (κ1) is 24.0. The summed E-state index contributed by atoms with van der Waals surface area (Å²) in [5.41, 5.74) is 6.35. The normalized spacial score (nSPS) is 12.1. The van der Waals surface area contributed by atoms with Gasteiger partial charge in [-0.15, -0.1) is 10.2 Å². The molecular formula is C25H27ClN6OS. The largest absolute Gasteiger partial charge is 0.322 e. The first-order chi connectivity index (χ1) is 16.2. The van der Waals surface area contributed by atoms with Crippen LogP contribution in [-0.2, 0) is 11.8 Å². The van der Waals surface area contributed by atoms with E-state index < -0.39 is 5.25 Å². The standard InChI is InChI=1S/C25H27ClN6OS/c1-14-11-12-15(2)21(13-14)32-23(19-9-7-8-10-20(19)26)28-29-25(32)34-18(5)24(33)27-22-16(3)30-31(6)17(22)4/h7-13,18H,1-6H3,(H,27,33). The van der Waals surface area contributed by atoms with E-state index in [4.69, 9.17) is 11.6 Å².